The van der Waals surface area contributed by atoms with Gasteiger partial charge < -0.3 is 5.32 Å². The van der Waals surface area contributed by atoms with Crippen molar-refractivity contribution in [3.8, 4) is 0 Å². The highest BCUT2D eigenvalue weighted by atomic mass is 32.2. The standard InChI is InChI=1S/C18H26N2O3S/c1-13-3-6-17(14(2)11-13)18(21)19-12-15-7-9-20(10-8-15)24(22,23)16-4-5-16/h3,6,11,15-16H,4-5,7-10,12H2,1-2H3,(H,19,21). The Balaban J connectivity index is 1.49. The van der Waals surface area contributed by atoms with Gasteiger partial charge in [0.25, 0.3) is 5.91 Å². The number of piperidine rings is 1. The van der Waals surface area contributed by atoms with Gasteiger partial charge in [-0.15, -0.1) is 0 Å². The Morgan fingerprint density at radius 1 is 1.17 bits per heavy atom. The van der Waals surface area contributed by atoms with E-state index in [4.69, 9.17) is 0 Å². The van der Waals surface area contributed by atoms with Gasteiger partial charge >= 0.3 is 0 Å². The first-order chi connectivity index (χ1) is 11.4. The van der Waals surface area contributed by atoms with Crippen LogP contribution in [0.5, 0.6) is 0 Å². The van der Waals surface area contributed by atoms with Crippen LogP contribution in [0.3, 0.4) is 0 Å². The molecule has 0 radical (unpaired) electrons. The molecule has 1 aromatic carbocycles. The molecule has 2 aliphatic rings. The highest BCUT2D eigenvalue weighted by Gasteiger charge is 2.41. The van der Waals surface area contributed by atoms with Gasteiger partial charge in [0.1, 0.15) is 0 Å². The van der Waals surface area contributed by atoms with Crippen molar-refractivity contribution in [2.24, 2.45) is 5.92 Å². The fourth-order valence-electron chi connectivity index (χ4n) is 3.35. The molecule has 24 heavy (non-hydrogen) atoms. The molecule has 1 aromatic rings. The fourth-order valence-corrected chi connectivity index (χ4v) is 5.22. The van der Waals surface area contributed by atoms with Crippen molar-refractivity contribution in [3.05, 3.63) is 34.9 Å². The summed E-state index contributed by atoms with van der Waals surface area (Å²) in [6, 6.07) is 5.82. The predicted octanol–water partition coefficient (Wildman–Crippen LogP) is 2.24. The van der Waals surface area contributed by atoms with Crippen molar-refractivity contribution in [2.75, 3.05) is 19.6 Å². The Morgan fingerprint density at radius 2 is 1.83 bits per heavy atom. The smallest absolute Gasteiger partial charge is 0.251 e. The summed E-state index contributed by atoms with van der Waals surface area (Å²) in [4.78, 5) is 12.3. The van der Waals surface area contributed by atoms with Gasteiger partial charge in [-0.25, -0.2) is 12.7 Å². The largest absolute Gasteiger partial charge is 0.352 e. The number of hydrogen-bond donors (Lipinski definition) is 1. The third-order valence-corrected chi connectivity index (χ3v) is 7.46. The molecule has 1 N–H and O–H groups in total. The van der Waals surface area contributed by atoms with Crippen molar-refractivity contribution in [3.63, 3.8) is 0 Å². The van der Waals surface area contributed by atoms with E-state index in [1.807, 2.05) is 32.0 Å². The van der Waals surface area contributed by atoms with Gasteiger partial charge in [0.05, 0.1) is 5.25 Å². The molecule has 132 valence electrons. The van der Waals surface area contributed by atoms with Gasteiger partial charge in [-0.3, -0.25) is 4.79 Å². The normalized spacial score (nSPS) is 20.1. The molecule has 0 atom stereocenters. The maximum atomic E-state index is 12.3. The molecule has 1 aliphatic heterocycles. The molecule has 0 aromatic heterocycles. The molecule has 1 saturated carbocycles. The lowest BCUT2D eigenvalue weighted by Gasteiger charge is -2.31. The van der Waals surface area contributed by atoms with Gasteiger partial charge in [-0.05, 0) is 57.1 Å². The number of amides is 1. The summed E-state index contributed by atoms with van der Waals surface area (Å²) in [5.74, 6) is 0.311. The number of aryl methyl sites for hydroxylation is 2. The van der Waals surface area contributed by atoms with E-state index in [0.717, 1.165) is 36.8 Å². The van der Waals surface area contributed by atoms with E-state index in [0.29, 0.717) is 31.1 Å². The van der Waals surface area contributed by atoms with Gasteiger partial charge in [-0.2, -0.15) is 0 Å². The zero-order chi connectivity index (χ0) is 17.3. The molecule has 6 heteroatoms. The van der Waals surface area contributed by atoms with Crippen LogP contribution in [0.4, 0.5) is 0 Å². The van der Waals surface area contributed by atoms with Crippen LogP contribution in [0.2, 0.25) is 0 Å². The van der Waals surface area contributed by atoms with Crippen LogP contribution in [0, 0.1) is 19.8 Å². The molecule has 0 spiro atoms. The molecule has 1 heterocycles. The van der Waals surface area contributed by atoms with E-state index >= 15 is 0 Å². The summed E-state index contributed by atoms with van der Waals surface area (Å²) in [6.45, 7) is 5.75. The van der Waals surface area contributed by atoms with Crippen molar-refractivity contribution in [2.45, 2.75) is 44.8 Å². The second-order valence-electron chi connectivity index (χ2n) is 7.12. The van der Waals surface area contributed by atoms with Crippen molar-refractivity contribution in [1.29, 1.82) is 0 Å². The molecule has 0 unspecified atom stereocenters. The lowest BCUT2D eigenvalue weighted by molar-refractivity contribution is 0.0941. The summed E-state index contributed by atoms with van der Waals surface area (Å²) in [5, 5.41) is 2.88. The Bertz CT molecular complexity index is 718. The number of benzene rings is 1. The van der Waals surface area contributed by atoms with Gasteiger partial charge in [0.2, 0.25) is 10.0 Å². The van der Waals surface area contributed by atoms with Gasteiger partial charge in [0, 0.05) is 25.2 Å². The van der Waals surface area contributed by atoms with Crippen LogP contribution >= 0.6 is 0 Å². The van der Waals surface area contributed by atoms with E-state index in [2.05, 4.69) is 5.32 Å². The maximum absolute atomic E-state index is 12.3. The summed E-state index contributed by atoms with van der Waals surface area (Å²) in [6.07, 6.45) is 3.26. The zero-order valence-electron chi connectivity index (χ0n) is 14.4. The summed E-state index contributed by atoms with van der Waals surface area (Å²) >= 11 is 0. The first-order valence-electron chi connectivity index (χ1n) is 8.72. The minimum Gasteiger partial charge on any atom is -0.352 e. The van der Waals surface area contributed by atoms with Crippen LogP contribution in [-0.4, -0.2) is 43.5 Å². The topological polar surface area (TPSA) is 66.5 Å². The van der Waals surface area contributed by atoms with Crippen molar-refractivity contribution < 1.29 is 13.2 Å². The number of hydrogen-bond acceptors (Lipinski definition) is 3. The summed E-state index contributed by atoms with van der Waals surface area (Å²) in [7, 11) is -3.05. The number of rotatable bonds is 5. The minimum absolute atomic E-state index is 0.0412. The van der Waals surface area contributed by atoms with E-state index in [1.54, 1.807) is 4.31 Å². The number of nitrogens with zero attached hydrogens (tertiary/aromatic N) is 1. The SMILES string of the molecule is Cc1ccc(C(=O)NCC2CCN(S(=O)(=O)C3CC3)CC2)c(C)c1. The number of carbonyl (C=O) groups excluding carboxylic acids is 1. The predicted molar refractivity (Wildman–Crippen MR) is 94.5 cm³/mol. The molecule has 1 aliphatic carbocycles. The highest BCUT2D eigenvalue weighted by molar-refractivity contribution is 7.90. The average Bonchev–Trinajstić information content (AvgIpc) is 3.38. The molecule has 5 nitrogen and oxygen atoms in total. The van der Waals surface area contributed by atoms with Crippen LogP contribution in [0.25, 0.3) is 0 Å². The third kappa shape index (κ3) is 3.81. The summed E-state index contributed by atoms with van der Waals surface area (Å²) < 4.78 is 26.1. The second-order valence-corrected chi connectivity index (χ2v) is 9.33. The highest BCUT2D eigenvalue weighted by Crippen LogP contribution is 2.33. The minimum atomic E-state index is -3.05. The Labute approximate surface area is 144 Å². The van der Waals surface area contributed by atoms with Gasteiger partial charge in [-0.1, -0.05) is 17.7 Å². The van der Waals surface area contributed by atoms with Crippen molar-refractivity contribution >= 4 is 15.9 Å². The van der Waals surface area contributed by atoms with Crippen LogP contribution in [-0.2, 0) is 10.0 Å². The Hall–Kier alpha value is -1.40. The number of sulfonamides is 1. The lowest BCUT2D eigenvalue weighted by atomic mass is 9.98. The van der Waals surface area contributed by atoms with Crippen LogP contribution in [0.1, 0.15) is 47.2 Å². The molecular weight excluding hydrogens is 324 g/mol. The van der Waals surface area contributed by atoms with E-state index in [9.17, 15) is 13.2 Å². The van der Waals surface area contributed by atoms with Crippen LogP contribution in [0.15, 0.2) is 18.2 Å². The molecule has 0 bridgehead atoms. The number of nitrogens with one attached hydrogen (secondary N) is 1. The van der Waals surface area contributed by atoms with Crippen LogP contribution < -0.4 is 5.32 Å². The first-order valence-corrected chi connectivity index (χ1v) is 10.2. The quantitative estimate of drug-likeness (QED) is 0.886. The molecule has 2 fully saturated rings. The van der Waals surface area contributed by atoms with E-state index < -0.39 is 10.0 Å². The first kappa shape index (κ1) is 17.4. The van der Waals surface area contributed by atoms with E-state index in [-0.39, 0.29) is 11.2 Å². The monoisotopic (exact) mass is 350 g/mol. The second kappa shape index (κ2) is 6.84. The van der Waals surface area contributed by atoms with Crippen molar-refractivity contribution in [1.82, 2.24) is 9.62 Å². The summed E-state index contributed by atoms with van der Waals surface area (Å²) in [5.41, 5.74) is 2.85. The van der Waals surface area contributed by atoms with Gasteiger partial charge in [0.15, 0.2) is 0 Å². The lowest BCUT2D eigenvalue weighted by Crippen LogP contribution is -2.42. The fraction of sp³-hybridized carbons (Fsp3) is 0.611. The Morgan fingerprint density at radius 3 is 2.42 bits per heavy atom. The van der Waals surface area contributed by atoms with E-state index in [1.165, 1.54) is 0 Å². The molecule has 1 saturated heterocycles. The number of carbonyl (C=O) groups is 1. The molecular formula is C18H26N2O3S. The average molecular weight is 350 g/mol. The zero-order valence-corrected chi connectivity index (χ0v) is 15.2. The Kier molecular flexibility index (Phi) is 4.97. The third-order valence-electron chi connectivity index (χ3n) is 5.06. The molecule has 1 amide bonds. The maximum Gasteiger partial charge on any atom is 0.251 e. The molecule has 3 rings (SSSR count).